The number of amides is 1. The summed E-state index contributed by atoms with van der Waals surface area (Å²) < 4.78 is 0. The molecule has 3 rings (SSSR count). The Morgan fingerprint density at radius 3 is 2.48 bits per heavy atom. The van der Waals surface area contributed by atoms with Gasteiger partial charge in [0.15, 0.2) is 0 Å². The standard InChI is InChI=1S/C17H15N3O/c1-20(2)17(21)13-8-4-3-7-12(13)16-14-9-5-6-10-15(14)18-11-19-16/h3-11H,1-2H3. The van der Waals surface area contributed by atoms with Crippen LogP contribution in [0.4, 0.5) is 0 Å². The number of aromatic nitrogens is 2. The molecule has 1 aromatic heterocycles. The van der Waals surface area contributed by atoms with Gasteiger partial charge >= 0.3 is 0 Å². The predicted molar refractivity (Wildman–Crippen MR) is 83.0 cm³/mol. The van der Waals surface area contributed by atoms with E-state index in [1.54, 1.807) is 19.0 Å². The molecule has 0 saturated heterocycles. The lowest BCUT2D eigenvalue weighted by Gasteiger charge is -2.14. The molecule has 0 aliphatic carbocycles. The van der Waals surface area contributed by atoms with Crippen LogP contribution in [0.5, 0.6) is 0 Å². The fourth-order valence-corrected chi connectivity index (χ4v) is 2.34. The van der Waals surface area contributed by atoms with E-state index in [0.717, 1.165) is 22.2 Å². The number of para-hydroxylation sites is 1. The summed E-state index contributed by atoms with van der Waals surface area (Å²) in [5.41, 5.74) is 3.13. The van der Waals surface area contributed by atoms with Crippen LogP contribution in [0.15, 0.2) is 54.9 Å². The molecule has 1 amide bonds. The Bertz CT molecular complexity index is 806. The molecule has 1 heterocycles. The largest absolute Gasteiger partial charge is 0.345 e. The molecule has 0 radical (unpaired) electrons. The molecule has 0 atom stereocenters. The second-order valence-electron chi connectivity index (χ2n) is 4.98. The van der Waals surface area contributed by atoms with Crippen LogP contribution >= 0.6 is 0 Å². The quantitative estimate of drug-likeness (QED) is 0.723. The lowest BCUT2D eigenvalue weighted by Crippen LogP contribution is -2.22. The molecular weight excluding hydrogens is 262 g/mol. The number of hydrogen-bond acceptors (Lipinski definition) is 3. The van der Waals surface area contributed by atoms with Gasteiger partial charge in [0.2, 0.25) is 0 Å². The number of carbonyl (C=O) groups excluding carboxylic acids is 1. The minimum absolute atomic E-state index is 0.0340. The highest BCUT2D eigenvalue weighted by Crippen LogP contribution is 2.28. The predicted octanol–water partition coefficient (Wildman–Crippen LogP) is 3.00. The molecule has 0 aliphatic heterocycles. The van der Waals surface area contributed by atoms with Crippen molar-refractivity contribution in [3.63, 3.8) is 0 Å². The molecular formula is C17H15N3O. The summed E-state index contributed by atoms with van der Waals surface area (Å²) >= 11 is 0. The van der Waals surface area contributed by atoms with Crippen molar-refractivity contribution in [1.82, 2.24) is 14.9 Å². The number of nitrogens with zero attached hydrogens (tertiary/aromatic N) is 3. The summed E-state index contributed by atoms with van der Waals surface area (Å²) in [6, 6.07) is 15.3. The zero-order valence-corrected chi connectivity index (χ0v) is 11.9. The average molecular weight is 277 g/mol. The highest BCUT2D eigenvalue weighted by molar-refractivity contribution is 6.04. The van der Waals surface area contributed by atoms with Crippen LogP contribution in [0.1, 0.15) is 10.4 Å². The molecule has 0 bridgehead atoms. The Kier molecular flexibility index (Phi) is 3.36. The Labute approximate surface area is 123 Å². The van der Waals surface area contributed by atoms with Crippen LogP contribution < -0.4 is 0 Å². The van der Waals surface area contributed by atoms with Crippen molar-refractivity contribution in [2.75, 3.05) is 14.1 Å². The molecule has 0 unspecified atom stereocenters. The number of carbonyl (C=O) groups is 1. The zero-order valence-electron chi connectivity index (χ0n) is 11.9. The Hall–Kier alpha value is -2.75. The van der Waals surface area contributed by atoms with Crippen molar-refractivity contribution in [1.29, 1.82) is 0 Å². The molecule has 4 heteroatoms. The van der Waals surface area contributed by atoms with Crippen molar-refractivity contribution in [3.05, 3.63) is 60.4 Å². The lowest BCUT2D eigenvalue weighted by molar-refractivity contribution is 0.0828. The molecule has 0 N–H and O–H groups in total. The number of fused-ring (bicyclic) bond motifs is 1. The van der Waals surface area contributed by atoms with Gasteiger partial charge in [-0.3, -0.25) is 4.79 Å². The monoisotopic (exact) mass is 277 g/mol. The van der Waals surface area contributed by atoms with Gasteiger partial charge in [0, 0.05) is 30.6 Å². The topological polar surface area (TPSA) is 46.1 Å². The molecule has 0 aliphatic rings. The molecule has 2 aromatic carbocycles. The van der Waals surface area contributed by atoms with E-state index in [9.17, 15) is 4.79 Å². The lowest BCUT2D eigenvalue weighted by atomic mass is 10.00. The first-order valence-electron chi connectivity index (χ1n) is 6.69. The Morgan fingerprint density at radius 1 is 0.952 bits per heavy atom. The van der Waals surface area contributed by atoms with Crippen molar-refractivity contribution < 1.29 is 4.79 Å². The van der Waals surface area contributed by atoms with E-state index in [1.165, 1.54) is 6.33 Å². The van der Waals surface area contributed by atoms with E-state index >= 15 is 0 Å². The fraction of sp³-hybridized carbons (Fsp3) is 0.118. The van der Waals surface area contributed by atoms with Crippen molar-refractivity contribution in [2.45, 2.75) is 0 Å². The maximum Gasteiger partial charge on any atom is 0.254 e. The van der Waals surface area contributed by atoms with E-state index < -0.39 is 0 Å². The maximum absolute atomic E-state index is 12.4. The molecule has 0 fully saturated rings. The van der Waals surface area contributed by atoms with Gasteiger partial charge in [-0.2, -0.15) is 0 Å². The molecule has 4 nitrogen and oxygen atoms in total. The average Bonchev–Trinajstić information content (AvgIpc) is 2.53. The van der Waals surface area contributed by atoms with Crippen LogP contribution in [-0.4, -0.2) is 34.9 Å². The second kappa shape index (κ2) is 5.32. The minimum Gasteiger partial charge on any atom is -0.345 e. The zero-order chi connectivity index (χ0) is 14.8. The van der Waals surface area contributed by atoms with Crippen molar-refractivity contribution in [2.24, 2.45) is 0 Å². The van der Waals surface area contributed by atoms with Gasteiger partial charge in [0.25, 0.3) is 5.91 Å². The summed E-state index contributed by atoms with van der Waals surface area (Å²) in [5, 5.41) is 0.944. The fourth-order valence-electron chi connectivity index (χ4n) is 2.34. The number of benzene rings is 2. The van der Waals surface area contributed by atoms with Crippen molar-refractivity contribution in [3.8, 4) is 11.3 Å². The Morgan fingerprint density at radius 2 is 1.67 bits per heavy atom. The number of hydrogen-bond donors (Lipinski definition) is 0. The minimum atomic E-state index is -0.0340. The summed E-state index contributed by atoms with van der Waals surface area (Å²) in [4.78, 5) is 22.6. The van der Waals surface area contributed by atoms with Crippen LogP contribution in [0, 0.1) is 0 Å². The van der Waals surface area contributed by atoms with Gasteiger partial charge in [-0.15, -0.1) is 0 Å². The molecule has 21 heavy (non-hydrogen) atoms. The Balaban J connectivity index is 2.27. The highest BCUT2D eigenvalue weighted by Gasteiger charge is 2.16. The third kappa shape index (κ3) is 2.36. The SMILES string of the molecule is CN(C)C(=O)c1ccccc1-c1ncnc2ccccc12. The van der Waals surface area contributed by atoms with E-state index in [-0.39, 0.29) is 5.91 Å². The smallest absolute Gasteiger partial charge is 0.254 e. The van der Waals surface area contributed by atoms with Crippen LogP contribution in [0.3, 0.4) is 0 Å². The van der Waals surface area contributed by atoms with Crippen LogP contribution in [0.2, 0.25) is 0 Å². The van der Waals surface area contributed by atoms with Crippen molar-refractivity contribution >= 4 is 16.8 Å². The van der Waals surface area contributed by atoms with Gasteiger partial charge in [-0.1, -0.05) is 36.4 Å². The van der Waals surface area contributed by atoms with Gasteiger partial charge in [-0.05, 0) is 12.1 Å². The summed E-state index contributed by atoms with van der Waals surface area (Å²) in [6.07, 6.45) is 1.54. The third-order valence-corrected chi connectivity index (χ3v) is 3.36. The van der Waals surface area contributed by atoms with Gasteiger partial charge < -0.3 is 4.90 Å². The maximum atomic E-state index is 12.4. The first-order chi connectivity index (χ1) is 10.2. The van der Waals surface area contributed by atoms with Gasteiger partial charge in [0.05, 0.1) is 11.2 Å². The first-order valence-corrected chi connectivity index (χ1v) is 6.69. The van der Waals surface area contributed by atoms with Gasteiger partial charge in [0.1, 0.15) is 6.33 Å². The molecule has 104 valence electrons. The third-order valence-electron chi connectivity index (χ3n) is 3.36. The summed E-state index contributed by atoms with van der Waals surface area (Å²) in [7, 11) is 3.49. The normalized spacial score (nSPS) is 10.6. The highest BCUT2D eigenvalue weighted by atomic mass is 16.2. The van der Waals surface area contributed by atoms with E-state index in [2.05, 4.69) is 9.97 Å². The summed E-state index contributed by atoms with van der Waals surface area (Å²) in [6.45, 7) is 0. The van der Waals surface area contributed by atoms with Crippen LogP contribution in [0.25, 0.3) is 22.2 Å². The summed E-state index contributed by atoms with van der Waals surface area (Å²) in [5.74, 6) is -0.0340. The molecule has 0 saturated carbocycles. The van der Waals surface area contributed by atoms with E-state index in [4.69, 9.17) is 0 Å². The number of rotatable bonds is 2. The molecule has 0 spiro atoms. The van der Waals surface area contributed by atoms with E-state index in [1.807, 2.05) is 48.5 Å². The van der Waals surface area contributed by atoms with Gasteiger partial charge in [-0.25, -0.2) is 9.97 Å². The molecule has 3 aromatic rings. The first kappa shape index (κ1) is 13.2. The second-order valence-corrected chi connectivity index (χ2v) is 4.98. The van der Waals surface area contributed by atoms with Crippen LogP contribution in [-0.2, 0) is 0 Å². The van der Waals surface area contributed by atoms with E-state index in [0.29, 0.717) is 5.56 Å².